The molecule has 4 N–H and O–H groups in total. The van der Waals surface area contributed by atoms with Gasteiger partial charge in [0.2, 0.25) is 17.4 Å². The SMILES string of the molecule is CCC(O)(O)C(=O)CNc1cc(=O)[nH]c([N+](=O)[O-])n1. The second-order valence-corrected chi connectivity index (χ2v) is 3.66. The van der Waals surface area contributed by atoms with Crippen molar-refractivity contribution >= 4 is 17.5 Å². The molecule has 1 aromatic heterocycles. The van der Waals surface area contributed by atoms with Crippen molar-refractivity contribution in [3.8, 4) is 0 Å². The van der Waals surface area contributed by atoms with E-state index in [1.54, 1.807) is 0 Å². The van der Waals surface area contributed by atoms with Crippen molar-refractivity contribution in [1.82, 2.24) is 9.97 Å². The highest BCUT2D eigenvalue weighted by Crippen LogP contribution is 2.08. The molecule has 1 heterocycles. The Morgan fingerprint density at radius 1 is 1.63 bits per heavy atom. The highest BCUT2D eigenvalue weighted by Gasteiger charge is 2.30. The van der Waals surface area contributed by atoms with Crippen molar-refractivity contribution < 1.29 is 19.9 Å². The summed E-state index contributed by atoms with van der Waals surface area (Å²) in [5.74, 6) is -4.42. The van der Waals surface area contributed by atoms with Crippen molar-refractivity contribution in [2.75, 3.05) is 11.9 Å². The third kappa shape index (κ3) is 3.82. The van der Waals surface area contributed by atoms with Crippen LogP contribution in [0.1, 0.15) is 13.3 Å². The average molecular weight is 272 g/mol. The third-order valence-electron chi connectivity index (χ3n) is 2.27. The first kappa shape index (κ1) is 14.7. The molecule has 19 heavy (non-hydrogen) atoms. The molecule has 0 saturated heterocycles. The number of hydrogen-bond donors (Lipinski definition) is 4. The molecule has 104 valence electrons. The van der Waals surface area contributed by atoms with E-state index in [0.29, 0.717) is 0 Å². The minimum absolute atomic E-state index is 0.212. The Bertz CT molecular complexity index is 552. The fourth-order valence-electron chi connectivity index (χ4n) is 1.13. The number of H-pyrrole nitrogens is 1. The van der Waals surface area contributed by atoms with Crippen LogP contribution in [0.5, 0.6) is 0 Å². The number of aliphatic hydroxyl groups is 2. The molecule has 0 amide bonds. The van der Waals surface area contributed by atoms with E-state index in [-0.39, 0.29) is 12.2 Å². The molecule has 10 heteroatoms. The Hall–Kier alpha value is -2.33. The zero-order chi connectivity index (χ0) is 14.6. The number of nitro groups is 1. The third-order valence-corrected chi connectivity index (χ3v) is 2.27. The fraction of sp³-hybridized carbons (Fsp3) is 0.444. The number of carbonyl (C=O) groups is 1. The number of nitrogens with zero attached hydrogens (tertiary/aromatic N) is 2. The Balaban J connectivity index is 2.82. The van der Waals surface area contributed by atoms with Crippen LogP contribution in [0.3, 0.4) is 0 Å². The van der Waals surface area contributed by atoms with Gasteiger partial charge in [-0.2, -0.15) is 0 Å². The summed E-state index contributed by atoms with van der Waals surface area (Å²) in [7, 11) is 0. The lowest BCUT2D eigenvalue weighted by atomic mass is 10.1. The highest BCUT2D eigenvalue weighted by atomic mass is 16.6. The lowest BCUT2D eigenvalue weighted by Gasteiger charge is -2.17. The van der Waals surface area contributed by atoms with Crippen LogP contribution in [0.4, 0.5) is 11.8 Å². The Kier molecular flexibility index (Phi) is 4.30. The topological polar surface area (TPSA) is 158 Å². The lowest BCUT2D eigenvalue weighted by molar-refractivity contribution is -0.394. The van der Waals surface area contributed by atoms with Crippen LogP contribution < -0.4 is 10.9 Å². The molecule has 10 nitrogen and oxygen atoms in total. The predicted molar refractivity (Wildman–Crippen MR) is 62.5 cm³/mol. The first-order chi connectivity index (χ1) is 8.76. The molecule has 0 aliphatic heterocycles. The molecule has 1 rings (SSSR count). The van der Waals surface area contributed by atoms with Gasteiger partial charge in [-0.25, -0.2) is 4.98 Å². The molecule has 0 bridgehead atoms. The van der Waals surface area contributed by atoms with Crippen molar-refractivity contribution in [2.45, 2.75) is 19.1 Å². The van der Waals surface area contributed by atoms with Crippen molar-refractivity contribution in [1.29, 1.82) is 0 Å². The van der Waals surface area contributed by atoms with E-state index in [2.05, 4.69) is 10.3 Å². The Labute approximate surface area is 106 Å². The molecule has 0 saturated carbocycles. The van der Waals surface area contributed by atoms with Gasteiger partial charge in [0, 0.05) is 6.42 Å². The maximum Gasteiger partial charge on any atom is 0.437 e. The van der Waals surface area contributed by atoms with Crippen molar-refractivity contribution in [3.05, 3.63) is 26.5 Å². The highest BCUT2D eigenvalue weighted by molar-refractivity contribution is 5.88. The molecule has 0 atom stereocenters. The van der Waals surface area contributed by atoms with E-state index >= 15 is 0 Å². The van der Waals surface area contributed by atoms with E-state index in [4.69, 9.17) is 0 Å². The lowest BCUT2D eigenvalue weighted by Crippen LogP contribution is -2.41. The first-order valence-corrected chi connectivity index (χ1v) is 5.24. The van der Waals surface area contributed by atoms with Gasteiger partial charge in [0.25, 0.3) is 0 Å². The summed E-state index contributed by atoms with van der Waals surface area (Å²) in [6, 6.07) is 0.905. The molecule has 0 fully saturated rings. The minimum Gasteiger partial charge on any atom is -0.390 e. The summed E-state index contributed by atoms with van der Waals surface area (Å²) in [5.41, 5.74) is -0.772. The smallest absolute Gasteiger partial charge is 0.390 e. The quantitative estimate of drug-likeness (QED) is 0.284. The number of aromatic nitrogens is 2. The van der Waals surface area contributed by atoms with Gasteiger partial charge in [0.15, 0.2) is 0 Å². The van der Waals surface area contributed by atoms with Gasteiger partial charge in [-0.1, -0.05) is 11.9 Å². The average Bonchev–Trinajstić information content (AvgIpc) is 2.35. The Morgan fingerprint density at radius 2 is 2.26 bits per heavy atom. The van der Waals surface area contributed by atoms with Crippen LogP contribution in [0.2, 0.25) is 0 Å². The molecule has 0 unspecified atom stereocenters. The predicted octanol–water partition coefficient (Wildman–Crippen LogP) is -1.25. The van der Waals surface area contributed by atoms with Crippen LogP contribution in [-0.4, -0.2) is 43.2 Å². The molecular formula is C9H12N4O6. The first-order valence-electron chi connectivity index (χ1n) is 5.24. The maximum absolute atomic E-state index is 11.4. The molecule has 0 aliphatic carbocycles. The molecule has 0 aliphatic rings. The van der Waals surface area contributed by atoms with E-state index in [0.717, 1.165) is 6.07 Å². The molecule has 1 aromatic rings. The van der Waals surface area contributed by atoms with E-state index < -0.39 is 34.5 Å². The number of Topliss-reactive ketones (excluding diaryl/α,β-unsaturated/α-hetero) is 1. The number of anilines is 1. The second kappa shape index (κ2) is 5.54. The van der Waals surface area contributed by atoms with Crippen LogP contribution in [0, 0.1) is 10.1 Å². The zero-order valence-corrected chi connectivity index (χ0v) is 9.91. The summed E-state index contributed by atoms with van der Waals surface area (Å²) < 4.78 is 0. The fourth-order valence-corrected chi connectivity index (χ4v) is 1.13. The van der Waals surface area contributed by atoms with Gasteiger partial charge in [-0.15, -0.1) is 0 Å². The van der Waals surface area contributed by atoms with Crippen LogP contribution in [0.15, 0.2) is 10.9 Å². The molecular weight excluding hydrogens is 260 g/mol. The summed E-state index contributed by atoms with van der Waals surface area (Å²) >= 11 is 0. The second-order valence-electron chi connectivity index (χ2n) is 3.66. The van der Waals surface area contributed by atoms with Crippen molar-refractivity contribution in [3.63, 3.8) is 0 Å². The summed E-state index contributed by atoms with van der Waals surface area (Å²) in [4.78, 5) is 37.3. The van der Waals surface area contributed by atoms with Crippen molar-refractivity contribution in [2.24, 2.45) is 0 Å². The van der Waals surface area contributed by atoms with Gasteiger partial charge in [-0.3, -0.25) is 9.59 Å². The minimum atomic E-state index is -2.49. The molecule has 0 spiro atoms. The zero-order valence-electron chi connectivity index (χ0n) is 9.91. The number of ketones is 1. The van der Waals surface area contributed by atoms with E-state index in [1.807, 2.05) is 4.98 Å². The van der Waals surface area contributed by atoms with E-state index in [9.17, 15) is 29.9 Å². The largest absolute Gasteiger partial charge is 0.437 e. The monoisotopic (exact) mass is 272 g/mol. The Morgan fingerprint density at radius 3 is 2.79 bits per heavy atom. The molecule has 0 radical (unpaired) electrons. The van der Waals surface area contributed by atoms with Gasteiger partial charge < -0.3 is 25.6 Å². The molecule has 0 aromatic carbocycles. The number of nitrogens with one attached hydrogen (secondary N) is 2. The number of rotatable bonds is 6. The van der Waals surface area contributed by atoms with Gasteiger partial charge >= 0.3 is 11.5 Å². The van der Waals surface area contributed by atoms with Crippen LogP contribution in [0.25, 0.3) is 0 Å². The van der Waals surface area contributed by atoms with Gasteiger partial charge in [0.1, 0.15) is 0 Å². The number of carbonyl (C=O) groups excluding carboxylic acids is 1. The summed E-state index contributed by atoms with van der Waals surface area (Å²) in [5, 5.41) is 31.2. The summed E-state index contributed by atoms with van der Waals surface area (Å²) in [6.07, 6.45) is -0.212. The normalized spacial score (nSPS) is 11.1. The maximum atomic E-state index is 11.4. The van der Waals surface area contributed by atoms with Gasteiger partial charge in [0.05, 0.1) is 12.6 Å². The summed E-state index contributed by atoms with van der Waals surface area (Å²) in [6.45, 7) is 0.864. The number of aromatic amines is 1. The number of hydrogen-bond acceptors (Lipinski definition) is 8. The van der Waals surface area contributed by atoms with Crippen LogP contribution in [-0.2, 0) is 4.79 Å². The standard InChI is InChI=1S/C9H12N4O6/c1-2-9(16,17)5(14)4-10-6-3-7(15)12-8(11-6)13(18)19/h3,16-17H,2,4H2,1H3,(H2,10,11,12,15). The van der Waals surface area contributed by atoms with Crippen LogP contribution >= 0.6 is 0 Å². The van der Waals surface area contributed by atoms with E-state index in [1.165, 1.54) is 6.92 Å². The van der Waals surface area contributed by atoms with Gasteiger partial charge in [-0.05, 0) is 4.92 Å².